The Morgan fingerprint density at radius 1 is 1.38 bits per heavy atom. The summed E-state index contributed by atoms with van der Waals surface area (Å²) in [6.07, 6.45) is -0.601. The number of carboxylic acid groups (broad SMARTS) is 1. The Balaban J connectivity index is 2.29. The van der Waals surface area contributed by atoms with E-state index in [1.807, 2.05) is 0 Å². The number of benzene rings is 1. The Kier molecular flexibility index (Phi) is 4.20. The van der Waals surface area contributed by atoms with Crippen LogP contribution in [-0.4, -0.2) is 27.8 Å². The summed E-state index contributed by atoms with van der Waals surface area (Å²) in [6, 6.07) is 2.99. The quantitative estimate of drug-likeness (QED) is 0.827. The molecule has 0 fully saturated rings. The van der Waals surface area contributed by atoms with Crippen LogP contribution in [0.25, 0.3) is 10.2 Å². The molecule has 0 spiro atoms. The number of carboxylic acids is 1. The molecule has 0 aliphatic rings. The summed E-state index contributed by atoms with van der Waals surface area (Å²) in [5.74, 6) is -1.02. The molecule has 1 amide bonds. The van der Waals surface area contributed by atoms with Crippen molar-refractivity contribution in [2.45, 2.75) is 26.4 Å². The number of fused-ring (bicyclic) bond motifs is 1. The van der Waals surface area contributed by atoms with Crippen molar-refractivity contribution in [3.63, 3.8) is 0 Å². The highest BCUT2D eigenvalue weighted by atomic mass is 79.9. The summed E-state index contributed by atoms with van der Waals surface area (Å²) < 4.78 is 6.36. The second-order valence-corrected chi connectivity index (χ2v) is 7.14. The van der Waals surface area contributed by atoms with E-state index in [0.717, 1.165) is 0 Å². The van der Waals surface area contributed by atoms with E-state index in [0.29, 0.717) is 19.8 Å². The van der Waals surface area contributed by atoms with Crippen LogP contribution in [0.1, 0.15) is 31.1 Å². The molecular weight excluding hydrogens is 360 g/mol. The molecule has 0 atom stereocenters. The van der Waals surface area contributed by atoms with E-state index < -0.39 is 17.7 Å². The topological polar surface area (TPSA) is 88.5 Å². The highest BCUT2D eigenvalue weighted by molar-refractivity contribution is 9.10. The maximum Gasteiger partial charge on any atom is 0.413 e. The molecule has 8 heteroatoms. The number of aromatic carboxylic acids is 1. The van der Waals surface area contributed by atoms with Crippen molar-refractivity contribution in [3.8, 4) is 0 Å². The van der Waals surface area contributed by atoms with Gasteiger partial charge in [0, 0.05) is 4.47 Å². The van der Waals surface area contributed by atoms with Gasteiger partial charge in [0.15, 0.2) is 5.13 Å². The van der Waals surface area contributed by atoms with E-state index >= 15 is 0 Å². The van der Waals surface area contributed by atoms with Crippen molar-refractivity contribution in [1.82, 2.24) is 4.98 Å². The van der Waals surface area contributed by atoms with Gasteiger partial charge in [0.2, 0.25) is 0 Å². The molecule has 1 heterocycles. The van der Waals surface area contributed by atoms with Crippen molar-refractivity contribution in [3.05, 3.63) is 22.2 Å². The average Bonchev–Trinajstić information content (AvgIpc) is 2.68. The van der Waals surface area contributed by atoms with Crippen molar-refractivity contribution < 1.29 is 19.4 Å². The minimum absolute atomic E-state index is 0.154. The van der Waals surface area contributed by atoms with Gasteiger partial charge in [-0.2, -0.15) is 0 Å². The molecule has 1 aromatic carbocycles. The molecule has 0 unspecified atom stereocenters. The molecule has 2 aromatic rings. The molecule has 0 radical (unpaired) electrons. The summed E-state index contributed by atoms with van der Waals surface area (Å²) in [7, 11) is 0. The van der Waals surface area contributed by atoms with Gasteiger partial charge in [0.05, 0.1) is 15.8 Å². The number of anilines is 1. The highest BCUT2D eigenvalue weighted by Gasteiger charge is 2.18. The SMILES string of the molecule is CC(C)(C)OC(=O)Nc1nc2c(Br)cc(C(=O)O)cc2s1. The Morgan fingerprint density at radius 3 is 2.62 bits per heavy atom. The normalized spacial score (nSPS) is 11.4. The zero-order valence-corrected chi connectivity index (χ0v) is 14.0. The van der Waals surface area contributed by atoms with E-state index in [-0.39, 0.29) is 5.56 Å². The van der Waals surface area contributed by atoms with Gasteiger partial charge < -0.3 is 9.84 Å². The fraction of sp³-hybridized carbons (Fsp3) is 0.308. The van der Waals surface area contributed by atoms with Gasteiger partial charge in [0.25, 0.3) is 0 Å². The largest absolute Gasteiger partial charge is 0.478 e. The first kappa shape index (κ1) is 15.7. The van der Waals surface area contributed by atoms with E-state index in [1.54, 1.807) is 20.8 Å². The van der Waals surface area contributed by atoms with Gasteiger partial charge in [-0.15, -0.1) is 0 Å². The second-order valence-electron chi connectivity index (χ2n) is 5.26. The molecule has 0 aliphatic carbocycles. The van der Waals surface area contributed by atoms with Crippen molar-refractivity contribution in [2.75, 3.05) is 5.32 Å². The Hall–Kier alpha value is -1.67. The van der Waals surface area contributed by atoms with Crippen LogP contribution in [0.2, 0.25) is 0 Å². The number of halogens is 1. The van der Waals surface area contributed by atoms with Crippen LogP contribution in [0, 0.1) is 0 Å². The fourth-order valence-electron chi connectivity index (χ4n) is 1.56. The van der Waals surface area contributed by atoms with Crippen molar-refractivity contribution in [1.29, 1.82) is 0 Å². The van der Waals surface area contributed by atoms with Crippen LogP contribution < -0.4 is 5.32 Å². The van der Waals surface area contributed by atoms with Gasteiger partial charge >= 0.3 is 12.1 Å². The Bertz CT molecular complexity index is 721. The lowest BCUT2D eigenvalue weighted by Gasteiger charge is -2.18. The molecule has 0 bridgehead atoms. The van der Waals surface area contributed by atoms with Crippen LogP contribution in [0.4, 0.5) is 9.93 Å². The smallest absolute Gasteiger partial charge is 0.413 e. The minimum atomic E-state index is -1.02. The first-order valence-electron chi connectivity index (χ1n) is 5.99. The van der Waals surface area contributed by atoms with E-state index in [4.69, 9.17) is 9.84 Å². The summed E-state index contributed by atoms with van der Waals surface area (Å²) in [5.41, 5.74) is 0.149. The Morgan fingerprint density at radius 2 is 2.05 bits per heavy atom. The molecule has 2 N–H and O–H groups in total. The van der Waals surface area contributed by atoms with Gasteiger partial charge in [-0.05, 0) is 48.8 Å². The lowest BCUT2D eigenvalue weighted by atomic mass is 10.2. The molecule has 0 saturated carbocycles. The molecule has 0 aliphatic heterocycles. The minimum Gasteiger partial charge on any atom is -0.478 e. The molecule has 1 aromatic heterocycles. The summed E-state index contributed by atoms with van der Waals surface area (Å²) >= 11 is 4.46. The van der Waals surface area contributed by atoms with Gasteiger partial charge in [-0.25, -0.2) is 14.6 Å². The van der Waals surface area contributed by atoms with E-state index in [2.05, 4.69) is 26.2 Å². The number of amides is 1. The summed E-state index contributed by atoms with van der Waals surface area (Å²) in [6.45, 7) is 5.29. The number of rotatable bonds is 2. The van der Waals surface area contributed by atoms with E-state index in [9.17, 15) is 9.59 Å². The number of thiazole rings is 1. The maximum absolute atomic E-state index is 11.7. The van der Waals surface area contributed by atoms with Crippen LogP contribution in [0.5, 0.6) is 0 Å². The van der Waals surface area contributed by atoms with Crippen molar-refractivity contribution in [2.24, 2.45) is 0 Å². The molecular formula is C13H13BrN2O4S. The van der Waals surface area contributed by atoms with Gasteiger partial charge in [-0.3, -0.25) is 5.32 Å². The lowest BCUT2D eigenvalue weighted by molar-refractivity contribution is 0.0634. The third-order valence-corrected chi connectivity index (χ3v) is 3.83. The lowest BCUT2D eigenvalue weighted by Crippen LogP contribution is -2.27. The third-order valence-electron chi connectivity index (χ3n) is 2.30. The van der Waals surface area contributed by atoms with Gasteiger partial charge in [-0.1, -0.05) is 11.3 Å². The molecule has 21 heavy (non-hydrogen) atoms. The number of hydrogen-bond acceptors (Lipinski definition) is 5. The van der Waals surface area contributed by atoms with E-state index in [1.165, 1.54) is 23.5 Å². The predicted octanol–water partition coefficient (Wildman–Crippen LogP) is 4.10. The molecule has 6 nitrogen and oxygen atoms in total. The number of carbonyl (C=O) groups is 2. The van der Waals surface area contributed by atoms with Crippen LogP contribution >= 0.6 is 27.3 Å². The number of aromatic nitrogens is 1. The average molecular weight is 373 g/mol. The Labute approximate surface area is 133 Å². The van der Waals surface area contributed by atoms with Crippen molar-refractivity contribution >= 4 is 54.7 Å². The number of nitrogens with one attached hydrogen (secondary N) is 1. The summed E-state index contributed by atoms with van der Waals surface area (Å²) in [4.78, 5) is 27.0. The zero-order valence-electron chi connectivity index (χ0n) is 11.6. The number of carbonyl (C=O) groups excluding carboxylic acids is 1. The molecule has 2 rings (SSSR count). The van der Waals surface area contributed by atoms with Crippen LogP contribution in [0.3, 0.4) is 0 Å². The number of hydrogen-bond donors (Lipinski definition) is 2. The monoisotopic (exact) mass is 372 g/mol. The standard InChI is InChI=1S/C13H13BrN2O4S/c1-13(2,3)20-12(19)16-11-15-9-7(14)4-6(10(17)18)5-8(9)21-11/h4-5H,1-3H3,(H,17,18)(H,15,16,19). The number of ether oxygens (including phenoxy) is 1. The van der Waals surface area contributed by atoms with Gasteiger partial charge in [0.1, 0.15) is 5.60 Å². The molecule has 112 valence electrons. The first-order valence-corrected chi connectivity index (χ1v) is 7.60. The maximum atomic E-state index is 11.7. The zero-order chi connectivity index (χ0) is 15.8. The number of nitrogens with zero attached hydrogens (tertiary/aromatic N) is 1. The second kappa shape index (κ2) is 5.61. The summed E-state index contributed by atoms with van der Waals surface area (Å²) in [5, 5.41) is 11.9. The van der Waals surface area contributed by atoms with Crippen LogP contribution in [-0.2, 0) is 4.74 Å². The third kappa shape index (κ3) is 3.92. The predicted molar refractivity (Wildman–Crippen MR) is 84.1 cm³/mol. The first-order chi connectivity index (χ1) is 9.65. The highest BCUT2D eigenvalue weighted by Crippen LogP contribution is 2.32. The molecule has 0 saturated heterocycles. The fourth-order valence-corrected chi connectivity index (χ4v) is 3.15. The van der Waals surface area contributed by atoms with Crippen LogP contribution in [0.15, 0.2) is 16.6 Å².